The number of nitrogens with zero attached hydrogens (tertiary/aromatic N) is 4. The molecule has 12 aromatic rings. The van der Waals surface area contributed by atoms with Crippen LogP contribution in [-0.2, 0) is 48.1 Å². The fourth-order valence-corrected chi connectivity index (χ4v) is 12.4. The van der Waals surface area contributed by atoms with Gasteiger partial charge in [0.1, 0.15) is 5.82 Å². The van der Waals surface area contributed by atoms with Gasteiger partial charge in [-0.3, -0.25) is 0 Å². The second kappa shape index (κ2) is 21.1. The van der Waals surface area contributed by atoms with Crippen molar-refractivity contribution in [1.29, 1.82) is 0 Å². The Morgan fingerprint density at radius 2 is 0.919 bits per heavy atom. The van der Waals surface area contributed by atoms with E-state index in [1.165, 1.54) is 66.1 Å². The summed E-state index contributed by atoms with van der Waals surface area (Å²) in [6, 6.07) is 75.2. The monoisotopic (exact) mass is 1300 g/mol. The van der Waals surface area contributed by atoms with E-state index in [0.29, 0.717) is 11.5 Å². The Balaban J connectivity index is 0.00000724. The minimum atomic E-state index is -0.143. The summed E-state index contributed by atoms with van der Waals surface area (Å²) in [7, 11) is 0. The number of anilines is 2. The Hall–Kier alpha value is -8.11. The van der Waals surface area contributed by atoms with Gasteiger partial charge in [0.05, 0.1) is 0 Å². The topological polar surface area (TPSA) is 35.2 Å². The van der Waals surface area contributed by atoms with Gasteiger partial charge in [-0.25, -0.2) is 4.98 Å². The van der Waals surface area contributed by atoms with Crippen LogP contribution in [0.2, 0.25) is 0 Å². The zero-order chi connectivity index (χ0) is 59.7. The smallest absolute Gasteiger partial charge is 0.135 e. The molecule has 13 rings (SSSR count). The van der Waals surface area contributed by atoms with Crippen molar-refractivity contribution in [2.75, 3.05) is 4.90 Å². The number of aromatic nitrogens is 3. The van der Waals surface area contributed by atoms with Crippen LogP contribution in [-0.4, -0.2) is 14.1 Å². The molecule has 0 amide bonds. The van der Waals surface area contributed by atoms with Crippen LogP contribution in [0.3, 0.4) is 0 Å². The molecule has 436 valence electrons. The van der Waals surface area contributed by atoms with E-state index >= 15 is 0 Å². The van der Waals surface area contributed by atoms with Gasteiger partial charge in [-0.15, -0.1) is 35.7 Å². The normalized spacial score (nSPS) is 13.0. The third-order valence-corrected chi connectivity index (χ3v) is 17.4. The molecular formula is C80H77N4OPt-3. The first-order chi connectivity index (χ1) is 40.3. The summed E-state index contributed by atoms with van der Waals surface area (Å²) in [5, 5.41) is 9.30. The molecule has 1 aliphatic rings. The molecule has 0 bridgehead atoms. The molecule has 0 aliphatic carbocycles. The molecule has 0 spiro atoms. The minimum Gasteiger partial charge on any atom is -0.509 e. The van der Waals surface area contributed by atoms with E-state index in [2.05, 4.69) is 307 Å². The van der Waals surface area contributed by atoms with Crippen LogP contribution in [0.25, 0.3) is 93.2 Å². The van der Waals surface area contributed by atoms with Gasteiger partial charge in [0.25, 0.3) is 0 Å². The maximum atomic E-state index is 6.88. The van der Waals surface area contributed by atoms with E-state index in [9.17, 15) is 0 Å². The van der Waals surface area contributed by atoms with Crippen LogP contribution in [0, 0.1) is 18.8 Å². The molecule has 0 atom stereocenters. The Morgan fingerprint density at radius 1 is 0.395 bits per heavy atom. The first-order valence-corrected chi connectivity index (χ1v) is 30.2. The SMILES string of the molecule is CC(C)(C)c1cc(-c2cc(C(C)(C)C)cc(C(C)(C)C)c2)cc(-c2cccc3c4ccccc4c4cc(C(C)(C)C)ccc4c4cccc5c4n(c23)[CH-]N5c2[c-]c(Oc3[c-]c4c(cc3)c3ccccc3n4-c3cc(C(C)(C)C)ccn3)ccc2)c1.[Pt]. The fraction of sp³-hybridized carbons (Fsp3) is 0.250. The maximum Gasteiger partial charge on any atom is 0.135 e. The number of para-hydroxylation sites is 3. The molecule has 0 radical (unpaired) electrons. The second-order valence-corrected chi connectivity index (χ2v) is 28.7. The Morgan fingerprint density at radius 3 is 1.59 bits per heavy atom. The van der Waals surface area contributed by atoms with Crippen LogP contribution >= 0.6 is 0 Å². The summed E-state index contributed by atoms with van der Waals surface area (Å²) in [5.41, 5.74) is 17.0. The molecule has 6 heteroatoms. The van der Waals surface area contributed by atoms with Crippen LogP contribution in [0.1, 0.15) is 132 Å². The first-order valence-electron chi connectivity index (χ1n) is 30.2. The Bertz CT molecular complexity index is 4720. The average Bonchev–Trinajstić information content (AvgIpc) is 1.61. The standard InChI is InChI=1S/C80H77N4O.Pt/c1-76(2,3)53-33-35-64-68-30-22-32-71-75(68)83(49-82(71)58-23-20-24-59(47-58)85-60-34-36-66-65-27-18-19-31-70(65)84(72(66)48-60)73-46-54(37-38-81-73)77(4,5)6)74-61(28-21-29-67(74)62-25-16-17-26-63(62)69(64)45-53)52-39-50(40-55(43-52)78(7,8)9)51-41-56(79(10,11)12)44-57(42-51)80(13,14)15;/h16-46,49H,1-15H3;/q-3;. The number of rotatable bonds is 6. The van der Waals surface area contributed by atoms with E-state index in [-0.39, 0.29) is 48.1 Å². The molecular weight excluding hydrogens is 1230 g/mol. The molecule has 86 heavy (non-hydrogen) atoms. The molecule has 0 fully saturated rings. The van der Waals surface area contributed by atoms with Gasteiger partial charge >= 0.3 is 0 Å². The number of benzene rings is 9. The van der Waals surface area contributed by atoms with Gasteiger partial charge in [0.15, 0.2) is 0 Å². The van der Waals surface area contributed by atoms with Gasteiger partial charge in [0.2, 0.25) is 0 Å². The minimum absolute atomic E-state index is 0. The summed E-state index contributed by atoms with van der Waals surface area (Å²) >= 11 is 0. The molecule has 0 N–H and O–H groups in total. The molecule has 3 aromatic heterocycles. The zero-order valence-corrected chi connectivity index (χ0v) is 54.8. The molecule has 9 aromatic carbocycles. The summed E-state index contributed by atoms with van der Waals surface area (Å²) < 4.78 is 11.6. The van der Waals surface area contributed by atoms with Crippen molar-refractivity contribution >= 4 is 76.5 Å². The van der Waals surface area contributed by atoms with Crippen molar-refractivity contribution in [3.05, 3.63) is 235 Å². The Kier molecular flexibility index (Phi) is 14.3. The molecule has 4 heterocycles. The largest absolute Gasteiger partial charge is 0.509 e. The van der Waals surface area contributed by atoms with Gasteiger partial charge in [0, 0.05) is 50.0 Å². The predicted octanol–water partition coefficient (Wildman–Crippen LogP) is 22.0. The van der Waals surface area contributed by atoms with Crippen molar-refractivity contribution in [2.45, 2.75) is 131 Å². The van der Waals surface area contributed by atoms with E-state index < -0.39 is 0 Å². The summed E-state index contributed by atoms with van der Waals surface area (Å²) in [5.74, 6) is 2.02. The van der Waals surface area contributed by atoms with E-state index in [4.69, 9.17) is 9.72 Å². The van der Waals surface area contributed by atoms with Crippen molar-refractivity contribution < 1.29 is 25.8 Å². The predicted molar refractivity (Wildman–Crippen MR) is 361 cm³/mol. The first kappa shape index (κ1) is 58.3. The van der Waals surface area contributed by atoms with Crippen molar-refractivity contribution in [2.24, 2.45) is 0 Å². The summed E-state index contributed by atoms with van der Waals surface area (Å²) in [6.07, 6.45) is 1.91. The van der Waals surface area contributed by atoms with E-state index in [0.717, 1.165) is 66.4 Å². The Labute approximate surface area is 523 Å². The van der Waals surface area contributed by atoms with Gasteiger partial charge < -0.3 is 18.8 Å². The molecule has 5 nitrogen and oxygen atoms in total. The molecule has 1 aliphatic heterocycles. The molecule has 0 saturated carbocycles. The summed E-state index contributed by atoms with van der Waals surface area (Å²) in [6.45, 7) is 36.9. The average molecular weight is 1310 g/mol. The van der Waals surface area contributed by atoms with Crippen LogP contribution in [0.15, 0.2) is 188 Å². The number of hydrogen-bond acceptors (Lipinski definition) is 3. The van der Waals surface area contributed by atoms with Crippen LogP contribution in [0.4, 0.5) is 11.4 Å². The van der Waals surface area contributed by atoms with Crippen LogP contribution in [0.5, 0.6) is 11.5 Å². The quantitative estimate of drug-likeness (QED) is 0.156. The van der Waals surface area contributed by atoms with Crippen LogP contribution < -0.4 is 9.64 Å². The number of pyridine rings is 1. The maximum absolute atomic E-state index is 6.88. The number of ether oxygens (including phenoxy) is 1. The third-order valence-electron chi connectivity index (χ3n) is 17.4. The number of hydrogen-bond donors (Lipinski definition) is 0. The van der Waals surface area contributed by atoms with Gasteiger partial charge in [-0.2, -0.15) is 12.1 Å². The van der Waals surface area contributed by atoms with Gasteiger partial charge in [-0.05, 0) is 163 Å². The van der Waals surface area contributed by atoms with Gasteiger partial charge in [-0.1, -0.05) is 236 Å². The second-order valence-electron chi connectivity index (χ2n) is 28.7. The zero-order valence-electron chi connectivity index (χ0n) is 52.5. The summed E-state index contributed by atoms with van der Waals surface area (Å²) in [4.78, 5) is 7.23. The fourth-order valence-electron chi connectivity index (χ4n) is 12.4. The number of fused-ring (bicyclic) bond motifs is 10. The van der Waals surface area contributed by atoms with Crippen molar-refractivity contribution in [3.8, 4) is 39.6 Å². The van der Waals surface area contributed by atoms with E-state index in [1.54, 1.807) is 0 Å². The molecule has 0 unspecified atom stereocenters. The van der Waals surface area contributed by atoms with Crippen molar-refractivity contribution in [3.63, 3.8) is 0 Å². The van der Waals surface area contributed by atoms with Crippen molar-refractivity contribution in [1.82, 2.24) is 14.1 Å². The third kappa shape index (κ3) is 10.4. The van der Waals surface area contributed by atoms with E-state index in [1.807, 2.05) is 18.3 Å². The molecule has 0 saturated heterocycles.